The van der Waals surface area contributed by atoms with Gasteiger partial charge in [-0.15, -0.1) is 11.3 Å². The van der Waals surface area contributed by atoms with Crippen molar-refractivity contribution < 1.29 is 8.42 Å². The molecule has 86 valence electrons. The van der Waals surface area contributed by atoms with Crippen LogP contribution in [-0.4, -0.2) is 26.2 Å². The summed E-state index contributed by atoms with van der Waals surface area (Å²) in [6.45, 7) is 2.69. The van der Waals surface area contributed by atoms with Crippen molar-refractivity contribution in [1.82, 2.24) is 4.98 Å². The van der Waals surface area contributed by atoms with Crippen LogP contribution in [0, 0.1) is 0 Å². The summed E-state index contributed by atoms with van der Waals surface area (Å²) in [6.07, 6.45) is 4.68. The van der Waals surface area contributed by atoms with E-state index in [-0.39, 0.29) is 4.34 Å². The molecule has 4 nitrogen and oxygen atoms in total. The van der Waals surface area contributed by atoms with Gasteiger partial charge >= 0.3 is 0 Å². The fraction of sp³-hybridized carbons (Fsp3) is 0.667. The molecule has 0 radical (unpaired) electrons. The minimum atomic E-state index is -3.16. The van der Waals surface area contributed by atoms with Crippen molar-refractivity contribution in [1.29, 1.82) is 0 Å². The van der Waals surface area contributed by atoms with Gasteiger partial charge in [-0.25, -0.2) is 13.4 Å². The van der Waals surface area contributed by atoms with Crippen LogP contribution in [0.5, 0.6) is 0 Å². The van der Waals surface area contributed by atoms with Crippen molar-refractivity contribution in [3.8, 4) is 0 Å². The molecular formula is C9H16N2O2S2. The van der Waals surface area contributed by atoms with Crippen LogP contribution in [0.4, 0.5) is 0 Å². The number of aromatic nitrogens is 1. The molecule has 2 N–H and O–H groups in total. The molecule has 1 aromatic heterocycles. The summed E-state index contributed by atoms with van der Waals surface area (Å²) in [5, 5.41) is 0. The molecule has 0 aromatic carbocycles. The first-order chi connectivity index (χ1) is 6.99. The number of hydrogen-bond acceptors (Lipinski definition) is 5. The second kappa shape index (κ2) is 5.05. The molecule has 0 aliphatic heterocycles. The van der Waals surface area contributed by atoms with Crippen LogP contribution in [0.3, 0.4) is 0 Å². The zero-order valence-electron chi connectivity index (χ0n) is 8.93. The van der Waals surface area contributed by atoms with Gasteiger partial charge in [0.15, 0.2) is 0 Å². The number of nitrogens with two attached hydrogens (primary N) is 1. The van der Waals surface area contributed by atoms with Crippen molar-refractivity contribution in [2.24, 2.45) is 5.73 Å². The lowest BCUT2D eigenvalue weighted by Gasteiger charge is -2.09. The SMILES string of the molecule is CCC(CCN)c1cnc(S(C)(=O)=O)s1. The molecule has 1 atom stereocenters. The van der Waals surface area contributed by atoms with Crippen LogP contribution >= 0.6 is 11.3 Å². The highest BCUT2D eigenvalue weighted by Crippen LogP contribution is 2.29. The second-order valence-corrected chi connectivity index (χ2v) is 6.73. The summed E-state index contributed by atoms with van der Waals surface area (Å²) in [4.78, 5) is 4.95. The average Bonchev–Trinajstić information content (AvgIpc) is 2.62. The van der Waals surface area contributed by atoms with E-state index in [1.54, 1.807) is 6.20 Å². The van der Waals surface area contributed by atoms with Gasteiger partial charge in [-0.05, 0) is 25.3 Å². The van der Waals surface area contributed by atoms with Gasteiger partial charge in [0.1, 0.15) is 0 Å². The standard InChI is InChI=1S/C9H16N2O2S2/c1-3-7(4-5-10)8-6-11-9(14-8)15(2,12)13/h6-7H,3-5,10H2,1-2H3. The summed E-state index contributed by atoms with van der Waals surface area (Å²) in [7, 11) is -3.16. The molecule has 0 saturated heterocycles. The molecule has 0 fully saturated rings. The lowest BCUT2D eigenvalue weighted by molar-refractivity contribution is 0.601. The number of sulfone groups is 1. The van der Waals surface area contributed by atoms with Crippen molar-refractivity contribution in [3.63, 3.8) is 0 Å². The normalized spacial score (nSPS) is 14.1. The molecule has 0 bridgehead atoms. The Morgan fingerprint density at radius 3 is 2.67 bits per heavy atom. The lowest BCUT2D eigenvalue weighted by Crippen LogP contribution is -2.05. The van der Waals surface area contributed by atoms with Crippen LogP contribution in [0.1, 0.15) is 30.6 Å². The Kier molecular flexibility index (Phi) is 4.24. The molecule has 0 aliphatic rings. The third-order valence-electron chi connectivity index (χ3n) is 2.23. The molecule has 6 heteroatoms. The molecular weight excluding hydrogens is 232 g/mol. The third-order valence-corrected chi connectivity index (χ3v) is 5.08. The molecule has 0 amide bonds. The van der Waals surface area contributed by atoms with Crippen molar-refractivity contribution >= 4 is 21.2 Å². The fourth-order valence-corrected chi connectivity index (χ4v) is 3.38. The first-order valence-electron chi connectivity index (χ1n) is 4.84. The minimum absolute atomic E-state index is 0.202. The minimum Gasteiger partial charge on any atom is -0.330 e. The van der Waals surface area contributed by atoms with Crippen LogP contribution in [0.2, 0.25) is 0 Å². The highest BCUT2D eigenvalue weighted by Gasteiger charge is 2.17. The van der Waals surface area contributed by atoms with Crippen LogP contribution in [0.25, 0.3) is 0 Å². The van der Waals surface area contributed by atoms with Crippen LogP contribution in [-0.2, 0) is 9.84 Å². The Morgan fingerprint density at radius 2 is 2.27 bits per heavy atom. The van der Waals surface area contributed by atoms with Crippen molar-refractivity contribution in [2.75, 3.05) is 12.8 Å². The van der Waals surface area contributed by atoms with Gasteiger partial charge in [0, 0.05) is 17.3 Å². The number of rotatable bonds is 5. The number of hydrogen-bond donors (Lipinski definition) is 1. The van der Waals surface area contributed by atoms with Crippen LogP contribution in [0.15, 0.2) is 10.5 Å². The zero-order valence-corrected chi connectivity index (χ0v) is 10.6. The summed E-state index contributed by atoms with van der Waals surface area (Å²) < 4.78 is 22.7. The predicted octanol–water partition coefficient (Wildman–Crippen LogP) is 1.39. The van der Waals surface area contributed by atoms with E-state index < -0.39 is 9.84 Å². The van der Waals surface area contributed by atoms with E-state index in [1.165, 1.54) is 17.6 Å². The van der Waals surface area contributed by atoms with Gasteiger partial charge in [-0.3, -0.25) is 0 Å². The highest BCUT2D eigenvalue weighted by atomic mass is 32.2. The quantitative estimate of drug-likeness (QED) is 0.854. The highest BCUT2D eigenvalue weighted by molar-refractivity contribution is 7.92. The van der Waals surface area contributed by atoms with Crippen LogP contribution < -0.4 is 5.73 Å². The number of thiazole rings is 1. The Bertz CT molecular complexity index is 412. The lowest BCUT2D eigenvalue weighted by atomic mass is 10.0. The van der Waals surface area contributed by atoms with Crippen molar-refractivity contribution in [2.45, 2.75) is 30.0 Å². The summed E-state index contributed by atoms with van der Waals surface area (Å²) in [5.74, 6) is 0.336. The molecule has 1 aromatic rings. The van der Waals surface area contributed by atoms with E-state index in [9.17, 15) is 8.42 Å². The Balaban J connectivity index is 2.92. The molecule has 0 spiro atoms. The van der Waals surface area contributed by atoms with E-state index >= 15 is 0 Å². The molecule has 1 heterocycles. The topological polar surface area (TPSA) is 73.0 Å². The monoisotopic (exact) mass is 248 g/mol. The summed E-state index contributed by atoms with van der Waals surface area (Å²) in [6, 6.07) is 0. The molecule has 1 rings (SSSR count). The summed E-state index contributed by atoms with van der Waals surface area (Å²) in [5.41, 5.74) is 5.50. The van der Waals surface area contributed by atoms with E-state index in [0.29, 0.717) is 12.5 Å². The Labute approximate surface area is 94.4 Å². The molecule has 1 unspecified atom stereocenters. The van der Waals surface area contributed by atoms with Gasteiger partial charge < -0.3 is 5.73 Å². The maximum atomic E-state index is 11.2. The van der Waals surface area contributed by atoms with E-state index in [0.717, 1.165) is 17.7 Å². The van der Waals surface area contributed by atoms with Gasteiger partial charge in [0.25, 0.3) is 0 Å². The van der Waals surface area contributed by atoms with Gasteiger partial charge in [-0.1, -0.05) is 6.92 Å². The predicted molar refractivity (Wildman–Crippen MR) is 61.9 cm³/mol. The van der Waals surface area contributed by atoms with Gasteiger partial charge in [-0.2, -0.15) is 0 Å². The van der Waals surface area contributed by atoms with Gasteiger partial charge in [0.05, 0.1) is 0 Å². The van der Waals surface area contributed by atoms with E-state index in [1.807, 2.05) is 0 Å². The zero-order chi connectivity index (χ0) is 11.5. The molecule has 0 aliphatic carbocycles. The Hall–Kier alpha value is -0.460. The third kappa shape index (κ3) is 3.25. The molecule has 15 heavy (non-hydrogen) atoms. The van der Waals surface area contributed by atoms with Crippen molar-refractivity contribution in [3.05, 3.63) is 11.1 Å². The first kappa shape index (κ1) is 12.6. The largest absolute Gasteiger partial charge is 0.330 e. The van der Waals surface area contributed by atoms with Gasteiger partial charge in [0.2, 0.25) is 14.2 Å². The second-order valence-electron chi connectivity index (χ2n) is 3.48. The maximum absolute atomic E-state index is 11.2. The average molecular weight is 248 g/mol. The summed E-state index contributed by atoms with van der Waals surface area (Å²) >= 11 is 1.26. The van der Waals surface area contributed by atoms with E-state index in [4.69, 9.17) is 5.73 Å². The Morgan fingerprint density at radius 1 is 1.60 bits per heavy atom. The van der Waals surface area contributed by atoms with E-state index in [2.05, 4.69) is 11.9 Å². The fourth-order valence-electron chi connectivity index (χ4n) is 1.38. The first-order valence-corrected chi connectivity index (χ1v) is 7.55. The number of nitrogens with zero attached hydrogens (tertiary/aromatic N) is 1. The maximum Gasteiger partial charge on any atom is 0.209 e. The molecule has 0 saturated carbocycles. The smallest absolute Gasteiger partial charge is 0.209 e.